The van der Waals surface area contributed by atoms with Crippen LogP contribution in [0.4, 0.5) is 13.2 Å². The van der Waals surface area contributed by atoms with Gasteiger partial charge in [0.2, 0.25) is 0 Å². The van der Waals surface area contributed by atoms with Gasteiger partial charge in [-0.2, -0.15) is 23.4 Å². The number of hydrogen-bond acceptors (Lipinski definition) is 9. The maximum absolute atomic E-state index is 13.2. The van der Waals surface area contributed by atoms with Crippen molar-refractivity contribution in [2.45, 2.75) is 45.9 Å². The number of esters is 1. The number of aldehydes is 1. The molecule has 0 aliphatic heterocycles. The Hall–Kier alpha value is -2.93. The monoisotopic (exact) mass is 438 g/mol. The summed E-state index contributed by atoms with van der Waals surface area (Å²) in [4.78, 5) is 22.4. The highest BCUT2D eigenvalue weighted by Crippen LogP contribution is 2.34. The van der Waals surface area contributed by atoms with Gasteiger partial charge in [-0.15, -0.1) is 0 Å². The van der Waals surface area contributed by atoms with E-state index in [1.54, 1.807) is 6.92 Å². The molecule has 1 atom stereocenters. The molecular weight excluding hydrogens is 413 g/mol. The summed E-state index contributed by atoms with van der Waals surface area (Å²) in [7, 11) is 1.36. The molecule has 0 saturated carbocycles. The highest BCUT2D eigenvalue weighted by Gasteiger charge is 2.43. The SMILES string of the molecule is CC.CCOC(=O)/C=C/OC(O)(O)C(C)n1nc(C(F)(F)F)c(C=O)c1/C=N\NC. The molecule has 1 aromatic heterocycles. The Kier molecular flexibility index (Phi) is 10.8. The molecule has 0 radical (unpaired) electrons. The molecule has 30 heavy (non-hydrogen) atoms. The van der Waals surface area contributed by atoms with E-state index < -0.39 is 41.1 Å². The van der Waals surface area contributed by atoms with Crippen molar-refractivity contribution in [3.8, 4) is 0 Å². The molecule has 1 rings (SSSR count). The number of nitrogens with one attached hydrogen (secondary N) is 1. The molecular formula is C17H25F3N4O6. The van der Waals surface area contributed by atoms with Gasteiger partial charge in [-0.05, 0) is 13.8 Å². The van der Waals surface area contributed by atoms with Gasteiger partial charge in [-0.1, -0.05) is 13.8 Å². The molecule has 1 unspecified atom stereocenters. The third kappa shape index (κ3) is 7.15. The van der Waals surface area contributed by atoms with Crippen LogP contribution in [0.1, 0.15) is 55.5 Å². The second-order valence-electron chi connectivity index (χ2n) is 5.20. The topological polar surface area (TPSA) is 135 Å². The quantitative estimate of drug-likeness (QED) is 0.101. The summed E-state index contributed by atoms with van der Waals surface area (Å²) in [6.07, 6.45) is -2.87. The first-order valence-corrected chi connectivity index (χ1v) is 8.80. The minimum Gasteiger partial charge on any atom is -0.463 e. The van der Waals surface area contributed by atoms with Crippen LogP contribution in [0.25, 0.3) is 0 Å². The molecule has 0 bridgehead atoms. The van der Waals surface area contributed by atoms with E-state index >= 15 is 0 Å². The predicted octanol–water partition coefficient (Wildman–Crippen LogP) is 1.59. The fraction of sp³-hybridized carbons (Fsp3) is 0.529. The minimum absolute atomic E-state index is 0.0686. The Labute approximate surface area is 171 Å². The number of rotatable bonds is 9. The van der Waals surface area contributed by atoms with Crippen LogP contribution in [0, 0.1) is 0 Å². The van der Waals surface area contributed by atoms with Crippen LogP contribution in [0.2, 0.25) is 0 Å². The summed E-state index contributed by atoms with van der Waals surface area (Å²) in [5.41, 5.74) is -0.546. The number of ether oxygens (including phenoxy) is 2. The normalized spacial score (nSPS) is 13.0. The zero-order valence-electron chi connectivity index (χ0n) is 17.1. The van der Waals surface area contributed by atoms with Crippen LogP contribution in [-0.2, 0) is 20.4 Å². The number of nitrogens with zero attached hydrogens (tertiary/aromatic N) is 3. The van der Waals surface area contributed by atoms with Gasteiger partial charge in [0, 0.05) is 7.05 Å². The zero-order chi connectivity index (χ0) is 23.5. The number of carbonyl (C=O) groups excluding carboxylic acids is 2. The Bertz CT molecular complexity index is 759. The zero-order valence-corrected chi connectivity index (χ0v) is 17.1. The van der Waals surface area contributed by atoms with Crippen molar-refractivity contribution in [2.75, 3.05) is 13.7 Å². The van der Waals surface area contributed by atoms with Crippen molar-refractivity contribution in [3.05, 3.63) is 29.3 Å². The van der Waals surface area contributed by atoms with E-state index in [9.17, 15) is 33.0 Å². The van der Waals surface area contributed by atoms with E-state index in [2.05, 4.69) is 25.1 Å². The lowest BCUT2D eigenvalue weighted by molar-refractivity contribution is -0.336. The fourth-order valence-electron chi connectivity index (χ4n) is 1.97. The van der Waals surface area contributed by atoms with Crippen LogP contribution in [0.3, 0.4) is 0 Å². The van der Waals surface area contributed by atoms with Crippen LogP contribution in [-0.4, -0.2) is 58.1 Å². The summed E-state index contributed by atoms with van der Waals surface area (Å²) < 4.78 is 49.2. The van der Waals surface area contributed by atoms with Gasteiger partial charge in [0.05, 0.1) is 36.4 Å². The standard InChI is InChI=1S/C15H19F3N4O6.C2H6/c1-4-27-12(24)5-6-28-15(25,26)9(2)22-11(7-20-19-3)10(8-23)13(21-22)14(16,17)18;1-2/h5-9,19,25-26H,4H2,1-3H3;1-2H3/b6-5+,20-7-;. The van der Waals surface area contributed by atoms with Crippen molar-refractivity contribution < 1.29 is 42.4 Å². The highest BCUT2D eigenvalue weighted by molar-refractivity contribution is 5.92. The van der Waals surface area contributed by atoms with Crippen LogP contribution in [0.5, 0.6) is 0 Å². The van der Waals surface area contributed by atoms with Crippen molar-refractivity contribution >= 4 is 18.5 Å². The number of hydrazone groups is 1. The maximum Gasteiger partial charge on any atom is 0.435 e. The van der Waals surface area contributed by atoms with E-state index in [1.807, 2.05) is 13.8 Å². The number of aliphatic hydroxyl groups is 2. The molecule has 1 heterocycles. The Morgan fingerprint density at radius 1 is 1.37 bits per heavy atom. The lowest BCUT2D eigenvalue weighted by atomic mass is 10.2. The second-order valence-corrected chi connectivity index (χ2v) is 5.20. The van der Waals surface area contributed by atoms with Crippen LogP contribution < -0.4 is 5.43 Å². The molecule has 10 nitrogen and oxygen atoms in total. The number of carbonyl (C=O) groups is 2. The summed E-state index contributed by atoms with van der Waals surface area (Å²) in [6.45, 7) is 6.68. The van der Waals surface area contributed by atoms with Crippen molar-refractivity contribution in [3.63, 3.8) is 0 Å². The van der Waals surface area contributed by atoms with E-state index in [4.69, 9.17) is 0 Å². The molecule has 3 N–H and O–H groups in total. The number of halogens is 3. The smallest absolute Gasteiger partial charge is 0.435 e. The lowest BCUT2D eigenvalue weighted by Crippen LogP contribution is -2.40. The van der Waals surface area contributed by atoms with Gasteiger partial charge in [0.15, 0.2) is 12.0 Å². The summed E-state index contributed by atoms with van der Waals surface area (Å²) in [6, 6.07) is -1.66. The Morgan fingerprint density at radius 3 is 2.43 bits per heavy atom. The third-order valence-electron chi connectivity index (χ3n) is 3.33. The summed E-state index contributed by atoms with van der Waals surface area (Å²) in [5.74, 6) is -3.94. The van der Waals surface area contributed by atoms with Crippen molar-refractivity contribution in [1.29, 1.82) is 0 Å². The van der Waals surface area contributed by atoms with Crippen LogP contribution >= 0.6 is 0 Å². The Balaban J connectivity index is 0.00000407. The van der Waals surface area contributed by atoms with Gasteiger partial charge >= 0.3 is 18.1 Å². The lowest BCUT2D eigenvalue weighted by Gasteiger charge is -2.27. The van der Waals surface area contributed by atoms with E-state index in [0.29, 0.717) is 10.9 Å². The van der Waals surface area contributed by atoms with Gasteiger partial charge in [-0.3, -0.25) is 9.48 Å². The predicted molar refractivity (Wildman–Crippen MR) is 99.4 cm³/mol. The van der Waals surface area contributed by atoms with Gasteiger partial charge < -0.3 is 25.1 Å². The Morgan fingerprint density at radius 2 is 1.97 bits per heavy atom. The molecule has 0 aliphatic rings. The van der Waals surface area contributed by atoms with Gasteiger partial charge in [0.25, 0.3) is 0 Å². The van der Waals surface area contributed by atoms with Crippen molar-refractivity contribution in [2.24, 2.45) is 5.10 Å². The first-order valence-electron chi connectivity index (χ1n) is 8.80. The fourth-order valence-corrected chi connectivity index (χ4v) is 1.97. The van der Waals surface area contributed by atoms with E-state index in [-0.39, 0.29) is 12.9 Å². The first kappa shape index (κ1) is 27.1. The van der Waals surface area contributed by atoms with Crippen LogP contribution in [0.15, 0.2) is 17.4 Å². The largest absolute Gasteiger partial charge is 0.463 e. The summed E-state index contributed by atoms with van der Waals surface area (Å²) >= 11 is 0. The summed E-state index contributed by atoms with van der Waals surface area (Å²) in [5, 5.41) is 26.9. The van der Waals surface area contributed by atoms with E-state index in [0.717, 1.165) is 19.2 Å². The number of alkyl halides is 3. The molecule has 0 amide bonds. The van der Waals surface area contributed by atoms with Gasteiger partial charge in [-0.25, -0.2) is 4.79 Å². The van der Waals surface area contributed by atoms with E-state index in [1.165, 1.54) is 7.05 Å². The molecule has 0 spiro atoms. The molecule has 170 valence electrons. The van der Waals surface area contributed by atoms with Gasteiger partial charge in [0.1, 0.15) is 6.04 Å². The first-order chi connectivity index (χ1) is 14.0. The average Bonchev–Trinajstić information content (AvgIpc) is 3.06. The number of hydrogen-bond donors (Lipinski definition) is 3. The molecule has 0 aromatic carbocycles. The van der Waals surface area contributed by atoms with Crippen molar-refractivity contribution in [1.82, 2.24) is 15.2 Å². The number of aromatic nitrogens is 2. The molecule has 1 aromatic rings. The molecule has 13 heteroatoms. The third-order valence-corrected chi connectivity index (χ3v) is 3.33. The minimum atomic E-state index is -4.98. The molecule has 0 aliphatic carbocycles. The second kappa shape index (κ2) is 11.9. The average molecular weight is 438 g/mol. The molecule has 0 fully saturated rings. The highest BCUT2D eigenvalue weighted by atomic mass is 19.4. The maximum atomic E-state index is 13.2. The molecule has 0 saturated heterocycles.